The van der Waals surface area contributed by atoms with Gasteiger partial charge >= 0.3 is 0 Å². The molecule has 6 nitrogen and oxygen atoms in total. The average molecular weight is 330 g/mol. The van der Waals surface area contributed by atoms with Crippen molar-refractivity contribution in [2.45, 2.75) is 12.8 Å². The van der Waals surface area contributed by atoms with E-state index >= 15 is 0 Å². The zero-order valence-electron chi connectivity index (χ0n) is 13.7. The monoisotopic (exact) mass is 330 g/mol. The summed E-state index contributed by atoms with van der Waals surface area (Å²) in [5, 5.41) is 23.3. The van der Waals surface area contributed by atoms with Gasteiger partial charge in [-0.25, -0.2) is 0 Å². The molecule has 1 aromatic heterocycles. The fourth-order valence-corrected chi connectivity index (χ4v) is 2.41. The fraction of sp³-hybridized carbons (Fsp3) is 0.158. The predicted octanol–water partition coefficient (Wildman–Crippen LogP) is 3.53. The summed E-state index contributed by atoms with van der Waals surface area (Å²) in [6, 6.07) is 19.7. The van der Waals surface area contributed by atoms with Gasteiger partial charge in [-0.2, -0.15) is 15.3 Å². The first-order valence-electron chi connectivity index (χ1n) is 8.09. The summed E-state index contributed by atoms with van der Waals surface area (Å²) in [7, 11) is 0. The Morgan fingerprint density at radius 2 is 1.80 bits per heavy atom. The van der Waals surface area contributed by atoms with E-state index in [-0.39, 0.29) is 0 Å². The molecule has 3 rings (SSSR count). The number of nitriles is 1. The molecule has 0 saturated carbocycles. The Bertz CT molecular complexity index is 857. The van der Waals surface area contributed by atoms with Crippen molar-refractivity contribution in [1.29, 1.82) is 5.26 Å². The van der Waals surface area contributed by atoms with E-state index in [1.165, 1.54) is 5.56 Å². The van der Waals surface area contributed by atoms with E-state index in [0.29, 0.717) is 23.0 Å². The Morgan fingerprint density at radius 1 is 1.00 bits per heavy atom. The SMILES string of the molecule is N#Cc1ccccc1Nc1nncc(NCCCc2ccccc2)n1. The van der Waals surface area contributed by atoms with Gasteiger partial charge in [-0.15, -0.1) is 5.10 Å². The first-order valence-corrected chi connectivity index (χ1v) is 8.09. The number of hydrogen-bond donors (Lipinski definition) is 2. The summed E-state index contributed by atoms with van der Waals surface area (Å²) >= 11 is 0. The highest BCUT2D eigenvalue weighted by atomic mass is 15.3. The molecule has 0 unspecified atom stereocenters. The van der Waals surface area contributed by atoms with E-state index in [1.807, 2.05) is 36.4 Å². The molecule has 0 radical (unpaired) electrons. The fourth-order valence-electron chi connectivity index (χ4n) is 2.41. The summed E-state index contributed by atoms with van der Waals surface area (Å²) in [5.74, 6) is 1.01. The molecule has 1 heterocycles. The topological polar surface area (TPSA) is 86.5 Å². The average Bonchev–Trinajstić information content (AvgIpc) is 2.67. The number of aryl methyl sites for hydroxylation is 1. The minimum atomic E-state index is 0.357. The summed E-state index contributed by atoms with van der Waals surface area (Å²) in [6.07, 6.45) is 3.59. The first-order chi connectivity index (χ1) is 12.3. The van der Waals surface area contributed by atoms with E-state index in [4.69, 9.17) is 5.26 Å². The zero-order valence-corrected chi connectivity index (χ0v) is 13.7. The molecule has 25 heavy (non-hydrogen) atoms. The molecule has 3 aromatic rings. The van der Waals surface area contributed by atoms with Crippen molar-refractivity contribution in [1.82, 2.24) is 15.2 Å². The predicted molar refractivity (Wildman–Crippen MR) is 97.5 cm³/mol. The molecule has 2 aromatic carbocycles. The maximum absolute atomic E-state index is 9.13. The van der Waals surface area contributed by atoms with Crippen LogP contribution in [0.25, 0.3) is 0 Å². The normalized spacial score (nSPS) is 10.0. The van der Waals surface area contributed by atoms with Crippen LogP contribution in [0.1, 0.15) is 17.5 Å². The van der Waals surface area contributed by atoms with Crippen molar-refractivity contribution < 1.29 is 0 Å². The molecule has 2 N–H and O–H groups in total. The maximum atomic E-state index is 9.13. The minimum Gasteiger partial charge on any atom is -0.369 e. The Kier molecular flexibility index (Phi) is 5.52. The van der Waals surface area contributed by atoms with Crippen LogP contribution in [0.15, 0.2) is 60.8 Å². The molecule has 0 saturated heterocycles. The second kappa shape index (κ2) is 8.41. The second-order valence-electron chi connectivity index (χ2n) is 5.46. The Labute approximate surface area is 146 Å². The number of nitrogens with one attached hydrogen (secondary N) is 2. The maximum Gasteiger partial charge on any atom is 0.249 e. The third-order valence-electron chi connectivity index (χ3n) is 3.64. The number of hydrogen-bond acceptors (Lipinski definition) is 6. The van der Waals surface area contributed by atoms with Crippen LogP contribution in [0.5, 0.6) is 0 Å². The number of rotatable bonds is 7. The van der Waals surface area contributed by atoms with Crippen molar-refractivity contribution in [3.05, 3.63) is 71.9 Å². The van der Waals surface area contributed by atoms with Gasteiger partial charge < -0.3 is 10.6 Å². The minimum absolute atomic E-state index is 0.357. The van der Waals surface area contributed by atoms with E-state index < -0.39 is 0 Å². The van der Waals surface area contributed by atoms with Crippen LogP contribution in [-0.4, -0.2) is 21.7 Å². The van der Waals surface area contributed by atoms with Crippen LogP contribution in [0.3, 0.4) is 0 Å². The third kappa shape index (κ3) is 4.75. The van der Waals surface area contributed by atoms with Gasteiger partial charge in [0, 0.05) is 6.54 Å². The second-order valence-corrected chi connectivity index (χ2v) is 5.46. The van der Waals surface area contributed by atoms with Crippen LogP contribution >= 0.6 is 0 Å². The molecule has 0 atom stereocenters. The van der Waals surface area contributed by atoms with Crippen molar-refractivity contribution in [2.24, 2.45) is 0 Å². The quantitative estimate of drug-likeness (QED) is 0.645. The molecule has 0 spiro atoms. The first kappa shape index (κ1) is 16.4. The summed E-state index contributed by atoms with van der Waals surface area (Å²) in [5.41, 5.74) is 2.51. The third-order valence-corrected chi connectivity index (χ3v) is 3.64. The molecule has 0 amide bonds. The summed E-state index contributed by atoms with van der Waals surface area (Å²) in [6.45, 7) is 0.793. The molecular formula is C19H18N6. The van der Waals surface area contributed by atoms with Gasteiger partial charge in [0.05, 0.1) is 17.4 Å². The zero-order chi connectivity index (χ0) is 17.3. The highest BCUT2D eigenvalue weighted by Crippen LogP contribution is 2.17. The van der Waals surface area contributed by atoms with E-state index in [1.54, 1.807) is 12.3 Å². The Hall–Kier alpha value is -3.46. The lowest BCUT2D eigenvalue weighted by atomic mass is 10.1. The lowest BCUT2D eigenvalue weighted by Gasteiger charge is -2.08. The molecule has 124 valence electrons. The van der Waals surface area contributed by atoms with Gasteiger partial charge in [0.1, 0.15) is 6.07 Å². The van der Waals surface area contributed by atoms with Crippen LogP contribution in [0.2, 0.25) is 0 Å². The number of para-hydroxylation sites is 1. The van der Waals surface area contributed by atoms with Gasteiger partial charge in [-0.1, -0.05) is 42.5 Å². The van der Waals surface area contributed by atoms with Crippen molar-refractivity contribution >= 4 is 17.5 Å². The van der Waals surface area contributed by atoms with E-state index in [0.717, 1.165) is 19.4 Å². The highest BCUT2D eigenvalue weighted by Gasteiger charge is 2.05. The molecule has 0 aliphatic rings. The van der Waals surface area contributed by atoms with Crippen molar-refractivity contribution in [3.63, 3.8) is 0 Å². The van der Waals surface area contributed by atoms with Gasteiger partial charge in [-0.3, -0.25) is 0 Å². The van der Waals surface area contributed by atoms with E-state index in [2.05, 4.69) is 44.0 Å². The number of nitrogens with zero attached hydrogens (tertiary/aromatic N) is 4. The van der Waals surface area contributed by atoms with Crippen LogP contribution in [0.4, 0.5) is 17.5 Å². The van der Waals surface area contributed by atoms with Gasteiger partial charge in [0.2, 0.25) is 5.95 Å². The van der Waals surface area contributed by atoms with E-state index in [9.17, 15) is 0 Å². The lowest BCUT2D eigenvalue weighted by Crippen LogP contribution is -2.08. The van der Waals surface area contributed by atoms with Gasteiger partial charge in [0.15, 0.2) is 5.82 Å². The summed E-state index contributed by atoms with van der Waals surface area (Å²) in [4.78, 5) is 4.38. The van der Waals surface area contributed by atoms with Crippen LogP contribution < -0.4 is 10.6 Å². The number of benzene rings is 2. The van der Waals surface area contributed by atoms with Crippen LogP contribution in [0, 0.1) is 11.3 Å². The largest absolute Gasteiger partial charge is 0.369 e. The molecular weight excluding hydrogens is 312 g/mol. The molecule has 6 heteroatoms. The lowest BCUT2D eigenvalue weighted by molar-refractivity contribution is 0.853. The van der Waals surface area contributed by atoms with Crippen molar-refractivity contribution in [3.8, 4) is 6.07 Å². The van der Waals surface area contributed by atoms with Crippen LogP contribution in [-0.2, 0) is 6.42 Å². The van der Waals surface area contributed by atoms with Gasteiger partial charge in [-0.05, 0) is 30.5 Å². The molecule has 0 bridgehead atoms. The van der Waals surface area contributed by atoms with Crippen molar-refractivity contribution in [2.75, 3.05) is 17.2 Å². The summed E-state index contributed by atoms with van der Waals surface area (Å²) < 4.78 is 0. The highest BCUT2D eigenvalue weighted by molar-refractivity contribution is 5.63. The standard InChI is InChI=1S/C19H18N6/c20-13-16-10-4-5-11-17(16)23-19-24-18(14-22-25-19)21-12-6-9-15-7-2-1-3-8-15/h1-5,7-8,10-11,14H,6,9,12H2,(H2,21,23,24,25). The Balaban J connectivity index is 1.55. The smallest absolute Gasteiger partial charge is 0.249 e. The van der Waals surface area contributed by atoms with Gasteiger partial charge in [0.25, 0.3) is 0 Å². The number of aromatic nitrogens is 3. The Morgan fingerprint density at radius 3 is 2.64 bits per heavy atom. The molecule has 0 aliphatic heterocycles. The molecule has 0 aliphatic carbocycles. The molecule has 0 fully saturated rings. The number of anilines is 3.